The van der Waals surface area contributed by atoms with Crippen LogP contribution in [0.15, 0.2) is 35.3 Å². The summed E-state index contributed by atoms with van der Waals surface area (Å²) in [4.78, 5) is 11.1. The van der Waals surface area contributed by atoms with E-state index in [4.69, 9.17) is 0 Å². The molecule has 0 unspecified atom stereocenters. The molecule has 0 radical (unpaired) electrons. The predicted molar refractivity (Wildman–Crippen MR) is 44.9 cm³/mol. The fourth-order valence-electron chi connectivity index (χ4n) is 1.04. The Bertz CT molecular complexity index is 433. The number of nitrogens with one attached hydrogen (secondary N) is 1. The molecule has 3 nitrogen and oxygen atoms in total. The van der Waals surface area contributed by atoms with Crippen LogP contribution in [0.5, 0.6) is 0 Å². The smallest absolute Gasteiger partial charge is 0.269 e. The molecule has 0 saturated carbocycles. The summed E-state index contributed by atoms with van der Waals surface area (Å²) in [5.41, 5.74) is -0.136. The van der Waals surface area contributed by atoms with Gasteiger partial charge < -0.3 is 0 Å². The van der Waals surface area contributed by atoms with Gasteiger partial charge in [0.05, 0.1) is 6.20 Å². The maximum Gasteiger partial charge on any atom is 0.272 e. The topological polar surface area (TPSA) is 45.8 Å². The molecule has 4 heteroatoms. The van der Waals surface area contributed by atoms with Gasteiger partial charge in [-0.2, -0.15) is 5.10 Å². The van der Waals surface area contributed by atoms with Crippen molar-refractivity contribution in [3.8, 4) is 0 Å². The maximum atomic E-state index is 11.1. The van der Waals surface area contributed by atoms with Crippen molar-refractivity contribution in [3.05, 3.63) is 40.8 Å². The lowest BCUT2D eigenvalue weighted by Crippen LogP contribution is -2.06. The zero-order chi connectivity index (χ0) is 7.68. The second kappa shape index (κ2) is 3.13. The zero-order valence-corrected chi connectivity index (χ0v) is 6.15. The number of H-pyrrole nitrogens is 1. The number of aromatic nitrogens is 2. The molecule has 0 fully saturated rings. The van der Waals surface area contributed by atoms with Crippen molar-refractivity contribution in [2.45, 2.75) is 0 Å². The molecule has 0 aliphatic carbocycles. The van der Waals surface area contributed by atoms with Crippen LogP contribution in [0, 0.1) is 0 Å². The van der Waals surface area contributed by atoms with E-state index in [0.717, 1.165) is 5.39 Å². The predicted octanol–water partition coefficient (Wildman–Crippen LogP) is 1.08. The van der Waals surface area contributed by atoms with E-state index in [1.165, 1.54) is 0 Å². The van der Waals surface area contributed by atoms with Gasteiger partial charge >= 0.3 is 0 Å². The molecular weight excluding hydrogens is 159 g/mol. The van der Waals surface area contributed by atoms with E-state index in [2.05, 4.69) is 10.2 Å². The highest BCUT2D eigenvalue weighted by Gasteiger charge is 1.93. The second-order valence-corrected chi connectivity index (χ2v) is 2.29. The van der Waals surface area contributed by atoms with E-state index >= 15 is 0 Å². The average Bonchev–Trinajstić information content (AvgIpc) is 2.06. The summed E-state index contributed by atoms with van der Waals surface area (Å²) in [7, 11) is 0. The van der Waals surface area contributed by atoms with Crippen molar-refractivity contribution in [1.82, 2.24) is 10.2 Å². The molecule has 1 aromatic heterocycles. The van der Waals surface area contributed by atoms with Crippen LogP contribution in [-0.4, -0.2) is 10.2 Å². The van der Waals surface area contributed by atoms with Gasteiger partial charge in [0.2, 0.25) is 0 Å². The van der Waals surface area contributed by atoms with Crippen LogP contribution in [-0.2, 0) is 0 Å². The molecule has 0 bridgehead atoms. The van der Waals surface area contributed by atoms with E-state index < -0.39 is 0 Å². The zero-order valence-electron chi connectivity index (χ0n) is 6.15. The summed E-state index contributed by atoms with van der Waals surface area (Å²) in [6, 6.07) is 7.34. The van der Waals surface area contributed by atoms with Gasteiger partial charge in [-0.25, -0.2) is 5.10 Å². The van der Waals surface area contributed by atoms with Crippen LogP contribution in [0.3, 0.4) is 0 Å². The lowest BCUT2D eigenvalue weighted by Gasteiger charge is -1.91. The van der Waals surface area contributed by atoms with E-state index in [9.17, 15) is 4.79 Å². The first-order valence-electron chi connectivity index (χ1n) is 3.30. The molecule has 1 aromatic carbocycles. The van der Waals surface area contributed by atoms with Crippen molar-refractivity contribution in [2.75, 3.05) is 0 Å². The maximum absolute atomic E-state index is 11.1. The first-order valence-corrected chi connectivity index (χ1v) is 3.30. The van der Waals surface area contributed by atoms with Gasteiger partial charge in [-0.05, 0) is 6.07 Å². The van der Waals surface area contributed by atoms with Gasteiger partial charge in [0, 0.05) is 10.8 Å². The number of rotatable bonds is 0. The van der Waals surface area contributed by atoms with E-state index in [1.807, 2.05) is 18.2 Å². The lowest BCUT2D eigenvalue weighted by molar-refractivity contribution is 1.01. The Morgan fingerprint density at radius 2 is 2.00 bits per heavy atom. The summed E-state index contributed by atoms with van der Waals surface area (Å²) in [6.07, 6.45) is 1.64. The average molecular weight is 166 g/mol. The minimum absolute atomic E-state index is 0. The highest BCUT2D eigenvalue weighted by molar-refractivity contribution is 5.80. The number of aromatic amines is 1. The van der Waals surface area contributed by atoms with Gasteiger partial charge in [-0.3, -0.25) is 9.50 Å². The number of fused-ring (bicyclic) bond motifs is 1. The van der Waals surface area contributed by atoms with Crippen molar-refractivity contribution < 1.29 is 4.70 Å². The molecule has 12 heavy (non-hydrogen) atoms. The number of nitrogens with zero attached hydrogens (tertiary/aromatic N) is 1. The lowest BCUT2D eigenvalue weighted by atomic mass is 10.2. The minimum atomic E-state index is -0.136. The first-order chi connectivity index (χ1) is 5.38. The van der Waals surface area contributed by atoms with Crippen molar-refractivity contribution in [1.29, 1.82) is 0 Å². The Balaban J connectivity index is 0.000000720. The fourth-order valence-corrected chi connectivity index (χ4v) is 1.04. The van der Waals surface area contributed by atoms with Gasteiger partial charge in [-0.1, -0.05) is 18.2 Å². The normalized spacial score (nSPS) is 9.33. The summed E-state index contributed by atoms with van der Waals surface area (Å²) in [5, 5.41) is 7.60. The summed E-state index contributed by atoms with van der Waals surface area (Å²) >= 11 is 0. The van der Waals surface area contributed by atoms with Crippen LogP contribution < -0.4 is 5.56 Å². The standard InChI is InChI=1S/C8H6N2O.FH/c11-8-7-4-2-1-3-6(7)5-9-10-8;/h1-5H,(H,10,11);1H. The Morgan fingerprint density at radius 3 is 2.75 bits per heavy atom. The molecule has 0 atom stereocenters. The Morgan fingerprint density at radius 1 is 1.25 bits per heavy atom. The first kappa shape index (κ1) is 8.39. The molecule has 2 rings (SSSR count). The highest BCUT2D eigenvalue weighted by atomic mass is 19.0. The highest BCUT2D eigenvalue weighted by Crippen LogP contribution is 2.04. The minimum Gasteiger partial charge on any atom is -0.269 e. The quantitative estimate of drug-likeness (QED) is 0.636. The number of halogens is 1. The third-order valence-electron chi connectivity index (χ3n) is 1.58. The Labute approximate surface area is 67.4 Å². The van der Waals surface area contributed by atoms with Crippen LogP contribution in [0.4, 0.5) is 4.70 Å². The third-order valence-corrected chi connectivity index (χ3v) is 1.58. The Kier molecular flexibility index (Phi) is 2.19. The third kappa shape index (κ3) is 1.18. The fraction of sp³-hybridized carbons (Fsp3) is 0. The van der Waals surface area contributed by atoms with Crippen molar-refractivity contribution >= 4 is 10.8 Å². The van der Waals surface area contributed by atoms with Gasteiger partial charge in [0.15, 0.2) is 0 Å². The molecule has 1 N–H and O–H groups in total. The molecular formula is C8H7FN2O. The van der Waals surface area contributed by atoms with Crippen LogP contribution >= 0.6 is 0 Å². The molecule has 0 spiro atoms. The summed E-state index contributed by atoms with van der Waals surface area (Å²) in [5.74, 6) is 0. The molecule has 0 aliphatic heterocycles. The van der Waals surface area contributed by atoms with Gasteiger partial charge in [0.25, 0.3) is 5.56 Å². The van der Waals surface area contributed by atoms with E-state index in [-0.39, 0.29) is 10.3 Å². The molecule has 0 amide bonds. The summed E-state index contributed by atoms with van der Waals surface area (Å²) in [6.45, 7) is 0. The van der Waals surface area contributed by atoms with Gasteiger partial charge in [-0.15, -0.1) is 0 Å². The molecule has 0 saturated heterocycles. The molecule has 1 heterocycles. The van der Waals surface area contributed by atoms with Gasteiger partial charge in [0.1, 0.15) is 0 Å². The van der Waals surface area contributed by atoms with Crippen LogP contribution in [0.25, 0.3) is 10.8 Å². The number of hydrogen-bond acceptors (Lipinski definition) is 2. The molecule has 2 aromatic rings. The van der Waals surface area contributed by atoms with Crippen LogP contribution in [0.1, 0.15) is 0 Å². The second-order valence-electron chi connectivity index (χ2n) is 2.29. The van der Waals surface area contributed by atoms with E-state index in [0.29, 0.717) is 5.39 Å². The largest absolute Gasteiger partial charge is 0.272 e. The van der Waals surface area contributed by atoms with E-state index in [1.54, 1.807) is 12.3 Å². The molecule has 62 valence electrons. The number of hydrogen-bond donors (Lipinski definition) is 1. The Hall–Kier alpha value is -1.71. The number of benzene rings is 1. The monoisotopic (exact) mass is 166 g/mol. The van der Waals surface area contributed by atoms with Crippen molar-refractivity contribution in [2.24, 2.45) is 0 Å². The summed E-state index contributed by atoms with van der Waals surface area (Å²) < 4.78 is 0. The molecule has 0 aliphatic rings. The van der Waals surface area contributed by atoms with Crippen LogP contribution in [0.2, 0.25) is 0 Å². The SMILES string of the molecule is F.O=c1[nH]ncc2ccccc12. The van der Waals surface area contributed by atoms with Crippen molar-refractivity contribution in [3.63, 3.8) is 0 Å².